The maximum Gasteiger partial charge on any atom is 0.123 e. The molecule has 0 N–H and O–H groups in total. The van der Waals surface area contributed by atoms with E-state index in [4.69, 9.17) is 16.3 Å². The van der Waals surface area contributed by atoms with Crippen LogP contribution in [0.1, 0.15) is 5.56 Å². The van der Waals surface area contributed by atoms with Crippen LogP contribution in [-0.2, 0) is 0 Å². The van der Waals surface area contributed by atoms with Gasteiger partial charge in [0.25, 0.3) is 0 Å². The number of methoxy groups -OCH3 is 1. The highest BCUT2D eigenvalue weighted by atomic mass is 35.5. The predicted molar refractivity (Wildman–Crippen MR) is 73.5 cm³/mol. The zero-order valence-electron chi connectivity index (χ0n) is 9.91. The second kappa shape index (κ2) is 5.23. The van der Waals surface area contributed by atoms with Gasteiger partial charge in [-0.3, -0.25) is 0 Å². The monoisotopic (exact) mass is 262 g/mol. The molecule has 0 aromatic heterocycles. The van der Waals surface area contributed by atoms with Crippen molar-refractivity contribution in [2.45, 2.75) is 0 Å². The summed E-state index contributed by atoms with van der Waals surface area (Å²) in [6.45, 7) is 3.72. The van der Waals surface area contributed by atoms with Crippen LogP contribution in [0.25, 0.3) is 17.2 Å². The van der Waals surface area contributed by atoms with E-state index in [9.17, 15) is 4.39 Å². The molecule has 0 unspecified atom stereocenters. The highest BCUT2D eigenvalue weighted by molar-refractivity contribution is 6.33. The third-order valence-electron chi connectivity index (χ3n) is 2.64. The quantitative estimate of drug-likeness (QED) is 0.772. The Hall–Kier alpha value is -1.80. The molecule has 1 nitrogen and oxygen atoms in total. The van der Waals surface area contributed by atoms with Gasteiger partial charge in [-0.25, -0.2) is 4.39 Å². The molecule has 18 heavy (non-hydrogen) atoms. The number of hydrogen-bond donors (Lipinski definition) is 0. The molecule has 0 radical (unpaired) electrons. The molecular formula is C15H12ClFO. The summed E-state index contributed by atoms with van der Waals surface area (Å²) in [4.78, 5) is 0. The molecule has 0 spiro atoms. The molecule has 0 saturated carbocycles. The molecule has 3 heteroatoms. The zero-order valence-corrected chi connectivity index (χ0v) is 10.7. The maximum atomic E-state index is 13.3. The molecular weight excluding hydrogens is 251 g/mol. The molecule has 0 aliphatic rings. The van der Waals surface area contributed by atoms with E-state index in [1.54, 1.807) is 19.3 Å². The lowest BCUT2D eigenvalue weighted by molar-refractivity contribution is 0.415. The van der Waals surface area contributed by atoms with Crippen molar-refractivity contribution in [3.05, 3.63) is 59.4 Å². The lowest BCUT2D eigenvalue weighted by Gasteiger charge is -2.09. The summed E-state index contributed by atoms with van der Waals surface area (Å²) in [5, 5.41) is 0.500. The van der Waals surface area contributed by atoms with Crippen LogP contribution < -0.4 is 4.74 Å². The first-order valence-corrected chi connectivity index (χ1v) is 5.79. The van der Waals surface area contributed by atoms with E-state index in [0.29, 0.717) is 16.3 Å². The molecule has 2 rings (SSSR count). The predicted octanol–water partition coefficient (Wildman–Crippen LogP) is 4.80. The van der Waals surface area contributed by atoms with Crippen molar-refractivity contribution >= 4 is 17.7 Å². The van der Waals surface area contributed by atoms with Crippen molar-refractivity contribution in [1.29, 1.82) is 0 Å². The van der Waals surface area contributed by atoms with Crippen LogP contribution in [0.5, 0.6) is 5.75 Å². The average Bonchev–Trinajstić information content (AvgIpc) is 2.40. The third-order valence-corrected chi connectivity index (χ3v) is 2.97. The molecule has 0 bridgehead atoms. The number of halogens is 2. The standard InChI is InChI=1S/C15H12ClFO/c1-3-10-6-11(8-13(7-10)18-2)14-9-12(17)4-5-15(14)16/h3-9H,1H2,2H3. The van der Waals surface area contributed by atoms with Crippen LogP contribution in [0.2, 0.25) is 5.02 Å². The van der Waals surface area contributed by atoms with Crippen LogP contribution in [0, 0.1) is 5.82 Å². The largest absolute Gasteiger partial charge is 0.497 e. The van der Waals surface area contributed by atoms with Gasteiger partial charge in [0.05, 0.1) is 7.11 Å². The smallest absolute Gasteiger partial charge is 0.123 e. The van der Waals surface area contributed by atoms with E-state index in [1.165, 1.54) is 12.1 Å². The van der Waals surface area contributed by atoms with E-state index >= 15 is 0 Å². The number of benzene rings is 2. The van der Waals surface area contributed by atoms with E-state index in [2.05, 4.69) is 6.58 Å². The summed E-state index contributed by atoms with van der Waals surface area (Å²) in [7, 11) is 1.58. The lowest BCUT2D eigenvalue weighted by atomic mass is 10.0. The van der Waals surface area contributed by atoms with Gasteiger partial charge in [0.15, 0.2) is 0 Å². The highest BCUT2D eigenvalue weighted by Crippen LogP contribution is 2.32. The molecule has 0 atom stereocenters. The van der Waals surface area contributed by atoms with E-state index in [1.807, 2.05) is 18.2 Å². The normalized spacial score (nSPS) is 10.2. The highest BCUT2D eigenvalue weighted by Gasteiger charge is 2.07. The van der Waals surface area contributed by atoms with E-state index < -0.39 is 0 Å². The second-order valence-electron chi connectivity index (χ2n) is 3.82. The first-order chi connectivity index (χ1) is 8.63. The number of ether oxygens (including phenoxy) is 1. The van der Waals surface area contributed by atoms with Crippen LogP contribution in [0.3, 0.4) is 0 Å². The summed E-state index contributed by atoms with van der Waals surface area (Å²) in [5.41, 5.74) is 2.33. The van der Waals surface area contributed by atoms with Crippen LogP contribution in [-0.4, -0.2) is 7.11 Å². The van der Waals surface area contributed by atoms with Crippen LogP contribution >= 0.6 is 11.6 Å². The average molecular weight is 263 g/mol. The first kappa shape index (κ1) is 12.7. The van der Waals surface area contributed by atoms with Crippen molar-refractivity contribution in [3.63, 3.8) is 0 Å². The van der Waals surface area contributed by atoms with Gasteiger partial charge in [-0.05, 0) is 47.5 Å². The van der Waals surface area contributed by atoms with Crippen LogP contribution in [0.15, 0.2) is 43.0 Å². The van der Waals surface area contributed by atoms with Gasteiger partial charge in [0.2, 0.25) is 0 Å². The minimum atomic E-state index is -0.322. The van der Waals surface area contributed by atoms with Crippen molar-refractivity contribution in [2.75, 3.05) is 7.11 Å². The van der Waals surface area contributed by atoms with Crippen molar-refractivity contribution in [1.82, 2.24) is 0 Å². The summed E-state index contributed by atoms with van der Waals surface area (Å²) in [6, 6.07) is 9.83. The fourth-order valence-electron chi connectivity index (χ4n) is 1.73. The van der Waals surface area contributed by atoms with Gasteiger partial charge in [-0.2, -0.15) is 0 Å². The summed E-state index contributed by atoms with van der Waals surface area (Å²) in [5.74, 6) is 0.361. The van der Waals surface area contributed by atoms with E-state index in [-0.39, 0.29) is 5.82 Å². The molecule has 0 fully saturated rings. The van der Waals surface area contributed by atoms with Gasteiger partial charge in [0, 0.05) is 10.6 Å². The maximum absolute atomic E-state index is 13.3. The second-order valence-corrected chi connectivity index (χ2v) is 4.23. The molecule has 0 amide bonds. The SMILES string of the molecule is C=Cc1cc(OC)cc(-c2cc(F)ccc2Cl)c1. The van der Waals surface area contributed by atoms with Gasteiger partial charge in [-0.1, -0.05) is 24.3 Å². The first-order valence-electron chi connectivity index (χ1n) is 5.41. The molecule has 0 saturated heterocycles. The Kier molecular flexibility index (Phi) is 3.68. The van der Waals surface area contributed by atoms with E-state index in [0.717, 1.165) is 11.1 Å². The fraction of sp³-hybridized carbons (Fsp3) is 0.0667. The molecule has 0 aliphatic carbocycles. The molecule has 2 aromatic carbocycles. The number of hydrogen-bond acceptors (Lipinski definition) is 1. The van der Waals surface area contributed by atoms with Gasteiger partial charge in [-0.15, -0.1) is 0 Å². The lowest BCUT2D eigenvalue weighted by Crippen LogP contribution is -1.88. The Balaban J connectivity index is 2.62. The minimum Gasteiger partial charge on any atom is -0.497 e. The topological polar surface area (TPSA) is 9.23 Å². The Labute approximate surface area is 110 Å². The Morgan fingerprint density at radius 1 is 1.22 bits per heavy atom. The Morgan fingerprint density at radius 3 is 2.67 bits per heavy atom. The Bertz CT molecular complexity index is 593. The summed E-state index contributed by atoms with van der Waals surface area (Å²) in [6.07, 6.45) is 1.71. The molecule has 0 heterocycles. The van der Waals surface area contributed by atoms with Crippen molar-refractivity contribution in [2.24, 2.45) is 0 Å². The van der Waals surface area contributed by atoms with Gasteiger partial charge < -0.3 is 4.74 Å². The Morgan fingerprint density at radius 2 is 2.00 bits per heavy atom. The van der Waals surface area contributed by atoms with Crippen LogP contribution in [0.4, 0.5) is 4.39 Å². The van der Waals surface area contributed by atoms with Gasteiger partial charge in [0.1, 0.15) is 11.6 Å². The van der Waals surface area contributed by atoms with Gasteiger partial charge >= 0.3 is 0 Å². The molecule has 0 aliphatic heterocycles. The fourth-order valence-corrected chi connectivity index (χ4v) is 1.96. The number of rotatable bonds is 3. The summed E-state index contributed by atoms with van der Waals surface area (Å²) < 4.78 is 18.5. The minimum absolute atomic E-state index is 0.322. The summed E-state index contributed by atoms with van der Waals surface area (Å²) >= 11 is 6.09. The third kappa shape index (κ3) is 2.54. The zero-order chi connectivity index (χ0) is 13.1. The van der Waals surface area contributed by atoms with Crippen molar-refractivity contribution in [3.8, 4) is 16.9 Å². The molecule has 92 valence electrons. The van der Waals surface area contributed by atoms with Crippen molar-refractivity contribution < 1.29 is 9.13 Å². The molecule has 2 aromatic rings.